The summed E-state index contributed by atoms with van der Waals surface area (Å²) < 4.78 is 0. The van der Waals surface area contributed by atoms with Gasteiger partial charge in [0.2, 0.25) is 5.91 Å². The van der Waals surface area contributed by atoms with Crippen LogP contribution in [0, 0.1) is 0 Å². The average Bonchev–Trinajstić information content (AvgIpc) is 2.54. The molecule has 2 heterocycles. The third kappa shape index (κ3) is 3.60. The Balaban J connectivity index is 1.57. The van der Waals surface area contributed by atoms with Crippen LogP contribution in [0.2, 0.25) is 0 Å². The molecule has 4 nitrogen and oxygen atoms in total. The van der Waals surface area contributed by atoms with Crippen LogP contribution in [0.1, 0.15) is 24.1 Å². The van der Waals surface area contributed by atoms with E-state index in [1.54, 1.807) is 6.20 Å². The highest BCUT2D eigenvalue weighted by Crippen LogP contribution is 2.25. The SMILES string of the molecule is O=C(CCc1ccccn1)Nc1ccc2c(c1)CCCN2. The average molecular weight is 281 g/mol. The molecule has 0 atom stereocenters. The van der Waals surface area contributed by atoms with Crippen LogP contribution in [-0.4, -0.2) is 17.4 Å². The molecule has 0 radical (unpaired) electrons. The minimum atomic E-state index is 0.0318. The van der Waals surface area contributed by atoms with E-state index in [0.717, 1.165) is 30.8 Å². The van der Waals surface area contributed by atoms with Crippen molar-refractivity contribution < 1.29 is 4.79 Å². The molecular formula is C17H19N3O. The lowest BCUT2D eigenvalue weighted by molar-refractivity contribution is -0.116. The quantitative estimate of drug-likeness (QED) is 0.905. The van der Waals surface area contributed by atoms with Crippen LogP contribution >= 0.6 is 0 Å². The van der Waals surface area contributed by atoms with Crippen molar-refractivity contribution in [2.75, 3.05) is 17.2 Å². The number of aryl methyl sites for hydroxylation is 2. The molecule has 1 aromatic heterocycles. The molecule has 108 valence electrons. The van der Waals surface area contributed by atoms with Crippen LogP contribution in [0.25, 0.3) is 0 Å². The predicted octanol–water partition coefficient (Wildman–Crippen LogP) is 3.01. The molecule has 3 rings (SSSR count). The zero-order chi connectivity index (χ0) is 14.5. The fraction of sp³-hybridized carbons (Fsp3) is 0.294. The number of carbonyl (C=O) groups is 1. The first-order chi connectivity index (χ1) is 10.3. The standard InChI is InChI=1S/C17H19N3O/c21-17(9-7-14-5-1-2-10-18-14)20-15-6-8-16-13(12-15)4-3-11-19-16/h1-2,5-6,8,10,12,19H,3-4,7,9,11H2,(H,20,21). The Morgan fingerprint density at radius 2 is 2.24 bits per heavy atom. The lowest BCUT2D eigenvalue weighted by Crippen LogP contribution is -2.15. The van der Waals surface area contributed by atoms with Crippen molar-refractivity contribution in [2.45, 2.75) is 25.7 Å². The minimum absolute atomic E-state index is 0.0318. The van der Waals surface area contributed by atoms with Gasteiger partial charge >= 0.3 is 0 Å². The van der Waals surface area contributed by atoms with Gasteiger partial charge in [-0.3, -0.25) is 9.78 Å². The lowest BCUT2D eigenvalue weighted by atomic mass is 10.0. The van der Waals surface area contributed by atoms with Gasteiger partial charge in [-0.05, 0) is 55.2 Å². The topological polar surface area (TPSA) is 54.0 Å². The minimum Gasteiger partial charge on any atom is -0.385 e. The molecule has 1 aromatic carbocycles. The second kappa shape index (κ2) is 6.39. The molecular weight excluding hydrogens is 262 g/mol. The van der Waals surface area contributed by atoms with Gasteiger partial charge in [0.15, 0.2) is 0 Å². The summed E-state index contributed by atoms with van der Waals surface area (Å²) in [6.45, 7) is 1.03. The number of amides is 1. The van der Waals surface area contributed by atoms with E-state index in [-0.39, 0.29) is 5.91 Å². The van der Waals surface area contributed by atoms with Crippen molar-refractivity contribution in [3.05, 3.63) is 53.9 Å². The van der Waals surface area contributed by atoms with Gasteiger partial charge < -0.3 is 10.6 Å². The van der Waals surface area contributed by atoms with E-state index < -0.39 is 0 Å². The van der Waals surface area contributed by atoms with Gasteiger partial charge in [0.1, 0.15) is 0 Å². The summed E-state index contributed by atoms with van der Waals surface area (Å²) in [5.74, 6) is 0.0318. The van der Waals surface area contributed by atoms with Gasteiger partial charge in [-0.2, -0.15) is 0 Å². The Hall–Kier alpha value is -2.36. The molecule has 1 aliphatic heterocycles. The summed E-state index contributed by atoms with van der Waals surface area (Å²) in [6.07, 6.45) is 5.08. The van der Waals surface area contributed by atoms with Crippen molar-refractivity contribution in [1.82, 2.24) is 4.98 Å². The van der Waals surface area contributed by atoms with E-state index in [1.807, 2.05) is 30.3 Å². The Morgan fingerprint density at radius 3 is 3.10 bits per heavy atom. The van der Waals surface area contributed by atoms with Crippen molar-refractivity contribution in [3.8, 4) is 0 Å². The largest absolute Gasteiger partial charge is 0.385 e. The van der Waals surface area contributed by atoms with Gasteiger partial charge in [-0.15, -0.1) is 0 Å². The number of hydrogen-bond donors (Lipinski definition) is 2. The molecule has 0 unspecified atom stereocenters. The van der Waals surface area contributed by atoms with Crippen LogP contribution in [0.5, 0.6) is 0 Å². The first kappa shape index (κ1) is 13.6. The number of benzene rings is 1. The Morgan fingerprint density at radius 1 is 1.29 bits per heavy atom. The summed E-state index contributed by atoms with van der Waals surface area (Å²) in [5, 5.41) is 6.34. The molecule has 4 heteroatoms. The summed E-state index contributed by atoms with van der Waals surface area (Å²) in [5.41, 5.74) is 4.29. The maximum atomic E-state index is 12.0. The van der Waals surface area contributed by atoms with E-state index in [9.17, 15) is 4.79 Å². The monoisotopic (exact) mass is 281 g/mol. The maximum Gasteiger partial charge on any atom is 0.224 e. The first-order valence-corrected chi connectivity index (χ1v) is 7.38. The van der Waals surface area contributed by atoms with Crippen molar-refractivity contribution in [1.29, 1.82) is 0 Å². The Bertz CT molecular complexity index is 625. The Labute approximate surface area is 124 Å². The van der Waals surface area contributed by atoms with E-state index in [0.29, 0.717) is 12.8 Å². The lowest BCUT2D eigenvalue weighted by Gasteiger charge is -2.18. The predicted molar refractivity (Wildman–Crippen MR) is 84.4 cm³/mol. The molecule has 0 saturated heterocycles. The molecule has 2 N–H and O–H groups in total. The number of aromatic nitrogens is 1. The molecule has 1 amide bonds. The molecule has 0 fully saturated rings. The molecule has 0 bridgehead atoms. The maximum absolute atomic E-state index is 12.0. The van der Waals surface area contributed by atoms with E-state index in [4.69, 9.17) is 0 Å². The summed E-state index contributed by atoms with van der Waals surface area (Å²) in [7, 11) is 0. The first-order valence-electron chi connectivity index (χ1n) is 7.38. The number of hydrogen-bond acceptors (Lipinski definition) is 3. The normalized spacial score (nSPS) is 13.1. The number of fused-ring (bicyclic) bond motifs is 1. The summed E-state index contributed by atoms with van der Waals surface area (Å²) in [6, 6.07) is 11.8. The number of nitrogens with zero attached hydrogens (tertiary/aromatic N) is 1. The van der Waals surface area contributed by atoms with Crippen LogP contribution < -0.4 is 10.6 Å². The van der Waals surface area contributed by atoms with Gasteiger partial charge in [0.25, 0.3) is 0 Å². The molecule has 2 aromatic rings. The van der Waals surface area contributed by atoms with E-state index >= 15 is 0 Å². The van der Waals surface area contributed by atoms with Crippen molar-refractivity contribution >= 4 is 17.3 Å². The number of carbonyl (C=O) groups excluding carboxylic acids is 1. The fourth-order valence-corrected chi connectivity index (χ4v) is 2.56. The van der Waals surface area contributed by atoms with Crippen LogP contribution in [0.15, 0.2) is 42.6 Å². The van der Waals surface area contributed by atoms with Crippen LogP contribution in [0.4, 0.5) is 11.4 Å². The number of rotatable bonds is 4. The zero-order valence-electron chi connectivity index (χ0n) is 11.9. The molecule has 0 saturated carbocycles. The highest BCUT2D eigenvalue weighted by atomic mass is 16.1. The summed E-state index contributed by atoms with van der Waals surface area (Å²) in [4.78, 5) is 16.2. The van der Waals surface area contributed by atoms with E-state index in [1.165, 1.54) is 11.3 Å². The number of nitrogens with one attached hydrogen (secondary N) is 2. The van der Waals surface area contributed by atoms with Crippen LogP contribution in [-0.2, 0) is 17.6 Å². The van der Waals surface area contributed by atoms with Gasteiger partial charge in [-0.25, -0.2) is 0 Å². The molecule has 0 spiro atoms. The second-order valence-electron chi connectivity index (χ2n) is 5.27. The Kier molecular flexibility index (Phi) is 4.15. The molecule has 1 aliphatic rings. The zero-order valence-corrected chi connectivity index (χ0v) is 11.9. The second-order valence-corrected chi connectivity index (χ2v) is 5.27. The third-order valence-electron chi connectivity index (χ3n) is 3.66. The fourth-order valence-electron chi connectivity index (χ4n) is 2.56. The third-order valence-corrected chi connectivity index (χ3v) is 3.66. The molecule has 0 aliphatic carbocycles. The van der Waals surface area contributed by atoms with Gasteiger partial charge in [-0.1, -0.05) is 6.07 Å². The van der Waals surface area contributed by atoms with E-state index in [2.05, 4.69) is 21.7 Å². The highest BCUT2D eigenvalue weighted by molar-refractivity contribution is 5.91. The summed E-state index contributed by atoms with van der Waals surface area (Å²) >= 11 is 0. The van der Waals surface area contributed by atoms with Crippen molar-refractivity contribution in [3.63, 3.8) is 0 Å². The number of anilines is 2. The van der Waals surface area contributed by atoms with Gasteiger partial charge in [0, 0.05) is 36.2 Å². The highest BCUT2D eigenvalue weighted by Gasteiger charge is 2.10. The van der Waals surface area contributed by atoms with Gasteiger partial charge in [0.05, 0.1) is 0 Å². The van der Waals surface area contributed by atoms with Crippen LogP contribution in [0.3, 0.4) is 0 Å². The number of pyridine rings is 1. The molecule has 21 heavy (non-hydrogen) atoms. The smallest absolute Gasteiger partial charge is 0.224 e. The van der Waals surface area contributed by atoms with Crippen molar-refractivity contribution in [2.24, 2.45) is 0 Å².